The number of rotatable bonds is 2. The molecule has 54 valence electrons. The van der Waals surface area contributed by atoms with Gasteiger partial charge in [0.15, 0.2) is 5.37 Å². The second-order valence-electron chi connectivity index (χ2n) is 1.29. The van der Waals surface area contributed by atoms with Crippen LogP contribution in [0.1, 0.15) is 6.92 Å². The van der Waals surface area contributed by atoms with Crippen molar-refractivity contribution < 1.29 is 18.2 Å². The number of hydrogen-bond acceptors (Lipinski definition) is 4. The molecule has 0 aliphatic carbocycles. The zero-order chi connectivity index (χ0) is 6.78. The van der Waals surface area contributed by atoms with E-state index in [4.69, 9.17) is 9.76 Å². The molecule has 0 aliphatic heterocycles. The van der Waals surface area contributed by atoms with Crippen LogP contribution in [-0.4, -0.2) is 82.7 Å². The van der Waals surface area contributed by atoms with Crippen molar-refractivity contribution in [1.82, 2.24) is 5.48 Å². The summed E-state index contributed by atoms with van der Waals surface area (Å²) in [5, 5.41) is 6.56. The number of hydroxylamine groups is 1. The average Bonchev–Trinajstić information content (AvgIpc) is 1.62. The molecule has 0 saturated heterocycles. The van der Waals surface area contributed by atoms with Gasteiger partial charge in [-0.25, -0.2) is 0 Å². The van der Waals surface area contributed by atoms with Gasteiger partial charge in [0.05, 0.1) is 0 Å². The summed E-state index contributed by atoms with van der Waals surface area (Å²) in [4.78, 5) is 0. The second kappa shape index (κ2) is 7.48. The van der Waals surface area contributed by atoms with Gasteiger partial charge in [0.25, 0.3) is 10.1 Å². The first-order valence-corrected chi connectivity index (χ1v) is 3.34. The molecule has 0 amide bonds. The van der Waals surface area contributed by atoms with E-state index in [2.05, 4.69) is 0 Å². The van der Waals surface area contributed by atoms with E-state index in [1.807, 2.05) is 0 Å². The van der Waals surface area contributed by atoms with Gasteiger partial charge in [0.1, 0.15) is 0 Å². The maximum atomic E-state index is 9.90. The third-order valence-corrected chi connectivity index (χ3v) is 1.63. The van der Waals surface area contributed by atoms with Crippen LogP contribution in [0.3, 0.4) is 0 Å². The minimum atomic E-state index is -4.11. The van der Waals surface area contributed by atoms with Crippen LogP contribution in [0.5, 0.6) is 0 Å². The Bertz CT molecular complexity index is 157. The number of hydrogen-bond donors (Lipinski definition) is 3. The molecule has 0 bridgehead atoms. The van der Waals surface area contributed by atoms with Crippen LogP contribution in [0.2, 0.25) is 0 Å². The van der Waals surface area contributed by atoms with E-state index in [0.29, 0.717) is 0 Å². The monoisotopic (exact) mass is 189 g/mol. The molecule has 8 heteroatoms. The predicted octanol–water partition coefficient (Wildman–Crippen LogP) is -2.10. The molecule has 1 unspecified atom stereocenters. The van der Waals surface area contributed by atoms with Gasteiger partial charge >= 0.3 is 59.1 Å². The molecule has 0 aromatic rings. The van der Waals surface area contributed by atoms with E-state index in [0.717, 1.165) is 6.92 Å². The molecule has 5 nitrogen and oxygen atoms in total. The van der Waals surface area contributed by atoms with Crippen LogP contribution in [0.4, 0.5) is 0 Å². The van der Waals surface area contributed by atoms with Gasteiger partial charge in [-0.05, 0) is 6.92 Å². The average molecular weight is 189 g/mol. The third kappa shape index (κ3) is 7.93. The number of nitrogens with one attached hydrogen (secondary N) is 1. The summed E-state index contributed by atoms with van der Waals surface area (Å²) < 4.78 is 27.8. The first kappa shape index (κ1) is 17.8. The van der Waals surface area contributed by atoms with E-state index in [1.165, 1.54) is 5.48 Å². The summed E-state index contributed by atoms with van der Waals surface area (Å²) in [6, 6.07) is 0. The molecule has 0 fully saturated rings. The van der Waals surface area contributed by atoms with Gasteiger partial charge < -0.3 is 5.21 Å². The van der Waals surface area contributed by atoms with Crippen molar-refractivity contribution in [3.05, 3.63) is 0 Å². The Kier molecular flexibility index (Phi) is 13.3. The fourth-order valence-corrected chi connectivity index (χ4v) is 0.200. The maximum absolute atomic E-state index is 9.90. The zero-order valence-electron chi connectivity index (χ0n) is 4.20. The fourth-order valence-electron chi connectivity index (χ4n) is 0.0666. The van der Waals surface area contributed by atoms with Crippen molar-refractivity contribution in [2.75, 3.05) is 0 Å². The minimum absolute atomic E-state index is 0. The molecule has 1 atom stereocenters. The molecule has 0 aromatic carbocycles. The topological polar surface area (TPSA) is 86.6 Å². The molecule has 0 rings (SSSR count). The Labute approximate surface area is 104 Å². The van der Waals surface area contributed by atoms with Crippen LogP contribution < -0.4 is 5.48 Å². The Hall–Kier alpha value is 1.83. The molecular formula is C2H9NNa2O4S. The SMILES string of the molecule is CC(NO)S(=O)(=O)O.[NaH].[NaH]. The van der Waals surface area contributed by atoms with E-state index >= 15 is 0 Å². The summed E-state index contributed by atoms with van der Waals surface area (Å²) in [5.41, 5.74) is 1.37. The van der Waals surface area contributed by atoms with Gasteiger partial charge in [-0.3, -0.25) is 4.55 Å². The van der Waals surface area contributed by atoms with Crippen LogP contribution in [0, 0.1) is 0 Å². The van der Waals surface area contributed by atoms with Gasteiger partial charge in [0, 0.05) is 0 Å². The predicted molar refractivity (Wildman–Crippen MR) is 40.2 cm³/mol. The van der Waals surface area contributed by atoms with Crippen LogP contribution in [0.25, 0.3) is 0 Å². The molecule has 0 saturated carbocycles. The van der Waals surface area contributed by atoms with Crippen molar-refractivity contribution in [2.45, 2.75) is 12.3 Å². The summed E-state index contributed by atoms with van der Waals surface area (Å²) in [7, 11) is -4.11. The molecule has 3 N–H and O–H groups in total. The van der Waals surface area contributed by atoms with E-state index in [1.54, 1.807) is 0 Å². The summed E-state index contributed by atoms with van der Waals surface area (Å²) >= 11 is 0. The van der Waals surface area contributed by atoms with Gasteiger partial charge in [-0.1, -0.05) is 0 Å². The van der Waals surface area contributed by atoms with Crippen molar-refractivity contribution in [1.29, 1.82) is 0 Å². The first-order valence-electron chi connectivity index (χ1n) is 1.84. The van der Waals surface area contributed by atoms with Crippen LogP contribution in [0.15, 0.2) is 0 Å². The van der Waals surface area contributed by atoms with Gasteiger partial charge in [-0.15, -0.1) is 0 Å². The summed E-state index contributed by atoms with van der Waals surface area (Å²) in [5.74, 6) is 0. The van der Waals surface area contributed by atoms with Crippen molar-refractivity contribution in [3.63, 3.8) is 0 Å². The summed E-state index contributed by atoms with van der Waals surface area (Å²) in [6.45, 7) is 1.11. The van der Waals surface area contributed by atoms with Crippen molar-refractivity contribution >= 4 is 69.2 Å². The zero-order valence-corrected chi connectivity index (χ0v) is 5.01. The molecule has 0 aromatic heterocycles. The molecule has 0 spiro atoms. The van der Waals surface area contributed by atoms with Crippen molar-refractivity contribution in [2.24, 2.45) is 0 Å². The normalized spacial score (nSPS) is 12.7. The Morgan fingerprint density at radius 3 is 1.70 bits per heavy atom. The Balaban J connectivity index is -0.000000245. The molecule has 0 heterocycles. The standard InChI is InChI=1S/C2H7NO4S.2Na.2H/c1-2(3-4)8(5,6)7;;;;/h2-4H,1H3,(H,5,6,7);;;;. The fraction of sp³-hybridized carbons (Fsp3) is 1.00. The van der Waals surface area contributed by atoms with Crippen LogP contribution >= 0.6 is 0 Å². The van der Waals surface area contributed by atoms with E-state index in [-0.39, 0.29) is 59.1 Å². The van der Waals surface area contributed by atoms with Crippen LogP contribution in [-0.2, 0) is 10.1 Å². The second-order valence-corrected chi connectivity index (χ2v) is 3.02. The molecular weight excluding hydrogens is 180 g/mol. The van der Waals surface area contributed by atoms with Gasteiger partial charge in [-0.2, -0.15) is 13.9 Å². The first-order chi connectivity index (χ1) is 3.48. The molecule has 10 heavy (non-hydrogen) atoms. The van der Waals surface area contributed by atoms with E-state index < -0.39 is 15.5 Å². The molecule has 0 aliphatic rings. The molecule has 0 radical (unpaired) electrons. The summed E-state index contributed by atoms with van der Waals surface area (Å²) in [6.07, 6.45) is 0. The Morgan fingerprint density at radius 2 is 1.70 bits per heavy atom. The Morgan fingerprint density at radius 1 is 1.40 bits per heavy atom. The van der Waals surface area contributed by atoms with Gasteiger partial charge in [0.2, 0.25) is 0 Å². The third-order valence-electron chi connectivity index (χ3n) is 0.629. The van der Waals surface area contributed by atoms with E-state index in [9.17, 15) is 8.42 Å². The quantitative estimate of drug-likeness (QED) is 0.263. The van der Waals surface area contributed by atoms with Crippen molar-refractivity contribution in [3.8, 4) is 0 Å².